The van der Waals surface area contributed by atoms with Crippen molar-refractivity contribution in [3.63, 3.8) is 0 Å². The molecule has 0 saturated heterocycles. The molecule has 1 aliphatic carbocycles. The van der Waals surface area contributed by atoms with Crippen LogP contribution in [0.1, 0.15) is 30.7 Å². The quantitative estimate of drug-likeness (QED) is 0.917. The van der Waals surface area contributed by atoms with Crippen LogP contribution in [0.2, 0.25) is 0 Å². The van der Waals surface area contributed by atoms with Crippen molar-refractivity contribution in [3.05, 3.63) is 29.8 Å². The summed E-state index contributed by atoms with van der Waals surface area (Å²) in [5.74, 6) is 2.66. The number of likely N-dealkylation sites (N-methyl/N-ethyl adjacent to an activating group) is 1. The maximum Gasteiger partial charge on any atom is 0.0133 e. The fourth-order valence-corrected chi connectivity index (χ4v) is 4.98. The normalized spacial score (nSPS) is 29.9. The lowest BCUT2D eigenvalue weighted by atomic mass is 9.98. The Bertz CT molecular complexity index is 435. The summed E-state index contributed by atoms with van der Waals surface area (Å²) in [4.78, 5) is 4.07. The van der Waals surface area contributed by atoms with Gasteiger partial charge in [-0.3, -0.25) is 0 Å². The number of hydrogen-bond acceptors (Lipinski definition) is 3. The van der Waals surface area contributed by atoms with E-state index in [2.05, 4.69) is 36.2 Å². The summed E-state index contributed by atoms with van der Waals surface area (Å²) >= 11 is 2.02. The number of thioether (sulfide) groups is 1. The summed E-state index contributed by atoms with van der Waals surface area (Å²) in [7, 11) is 2.30. The smallest absolute Gasteiger partial charge is 0.0133 e. The molecule has 1 heterocycles. The van der Waals surface area contributed by atoms with Crippen LogP contribution in [-0.2, 0) is 0 Å². The van der Waals surface area contributed by atoms with Gasteiger partial charge in [-0.05, 0) is 44.0 Å². The molecule has 0 aromatic heterocycles. The predicted octanol–water partition coefficient (Wildman–Crippen LogP) is 2.94. The topological polar surface area (TPSA) is 29.3 Å². The van der Waals surface area contributed by atoms with Gasteiger partial charge in [-0.25, -0.2) is 0 Å². The Hall–Kier alpha value is -0.510. The second-order valence-electron chi connectivity index (χ2n) is 5.98. The summed E-state index contributed by atoms with van der Waals surface area (Å²) in [5.41, 5.74) is 7.47. The van der Waals surface area contributed by atoms with Gasteiger partial charge < -0.3 is 10.6 Å². The molecule has 3 heteroatoms. The van der Waals surface area contributed by atoms with Gasteiger partial charge in [-0.15, -0.1) is 11.8 Å². The van der Waals surface area contributed by atoms with Gasteiger partial charge in [-0.1, -0.05) is 24.6 Å². The van der Waals surface area contributed by atoms with Crippen LogP contribution in [0.5, 0.6) is 0 Å². The third kappa shape index (κ3) is 2.69. The Labute approximate surface area is 120 Å². The molecule has 1 saturated carbocycles. The molecular formula is C16H24N2S. The third-order valence-corrected chi connectivity index (χ3v) is 6.05. The zero-order valence-corrected chi connectivity index (χ0v) is 12.5. The number of nitrogens with two attached hydrogens (primary N) is 1. The van der Waals surface area contributed by atoms with Crippen molar-refractivity contribution in [2.45, 2.75) is 36.1 Å². The first-order valence-corrected chi connectivity index (χ1v) is 8.40. The van der Waals surface area contributed by atoms with Crippen LogP contribution < -0.4 is 5.73 Å². The number of fused-ring (bicyclic) bond motifs is 1. The number of nitrogens with zero attached hydrogens (tertiary/aromatic N) is 1. The van der Waals surface area contributed by atoms with Gasteiger partial charge >= 0.3 is 0 Å². The van der Waals surface area contributed by atoms with Crippen LogP contribution in [0.25, 0.3) is 0 Å². The molecule has 2 N–H and O–H groups in total. The maximum absolute atomic E-state index is 5.92. The second-order valence-corrected chi connectivity index (χ2v) is 7.04. The molecule has 104 valence electrons. The average molecular weight is 276 g/mol. The molecule has 1 fully saturated rings. The van der Waals surface area contributed by atoms with Crippen LogP contribution in [0, 0.1) is 5.92 Å². The highest BCUT2D eigenvalue weighted by Gasteiger charge is 2.32. The zero-order chi connectivity index (χ0) is 13.2. The molecule has 0 radical (unpaired) electrons. The van der Waals surface area contributed by atoms with E-state index in [4.69, 9.17) is 5.73 Å². The van der Waals surface area contributed by atoms with Gasteiger partial charge in [0.05, 0.1) is 0 Å². The van der Waals surface area contributed by atoms with Gasteiger partial charge in [-0.2, -0.15) is 0 Å². The molecule has 0 bridgehead atoms. The average Bonchev–Trinajstić information content (AvgIpc) is 3.05. The Morgan fingerprint density at radius 1 is 1.32 bits per heavy atom. The van der Waals surface area contributed by atoms with E-state index in [0.29, 0.717) is 17.9 Å². The monoisotopic (exact) mass is 276 g/mol. The molecule has 0 amide bonds. The molecule has 2 nitrogen and oxygen atoms in total. The van der Waals surface area contributed by atoms with Gasteiger partial charge in [0.1, 0.15) is 0 Å². The van der Waals surface area contributed by atoms with E-state index < -0.39 is 0 Å². The van der Waals surface area contributed by atoms with Crippen LogP contribution in [0.3, 0.4) is 0 Å². The molecule has 3 atom stereocenters. The Morgan fingerprint density at radius 2 is 2.16 bits per heavy atom. The van der Waals surface area contributed by atoms with E-state index in [1.165, 1.54) is 36.5 Å². The van der Waals surface area contributed by atoms with Crippen LogP contribution >= 0.6 is 11.8 Å². The summed E-state index contributed by atoms with van der Waals surface area (Å²) in [6, 6.07) is 9.61. The highest BCUT2D eigenvalue weighted by atomic mass is 32.2. The largest absolute Gasteiger partial charge is 0.330 e. The van der Waals surface area contributed by atoms with E-state index in [9.17, 15) is 0 Å². The number of benzene rings is 1. The highest BCUT2D eigenvalue weighted by Crippen LogP contribution is 2.40. The van der Waals surface area contributed by atoms with Gasteiger partial charge in [0.15, 0.2) is 0 Å². The lowest BCUT2D eigenvalue weighted by Crippen LogP contribution is -2.39. The summed E-state index contributed by atoms with van der Waals surface area (Å²) < 4.78 is 0. The van der Waals surface area contributed by atoms with Crippen LogP contribution in [-0.4, -0.2) is 36.8 Å². The summed E-state index contributed by atoms with van der Waals surface area (Å²) in [6.07, 6.45) is 4.01. The predicted molar refractivity (Wildman–Crippen MR) is 82.7 cm³/mol. The van der Waals surface area contributed by atoms with Gasteiger partial charge in [0, 0.05) is 29.2 Å². The Balaban J connectivity index is 1.66. The minimum atomic E-state index is 0.699. The Morgan fingerprint density at radius 3 is 3.00 bits per heavy atom. The maximum atomic E-state index is 5.92. The molecule has 19 heavy (non-hydrogen) atoms. The second kappa shape index (κ2) is 5.86. The molecule has 1 aromatic rings. The standard InChI is InChI=1S/C16H24N2S/c1-18(15-7-4-5-12(15)9-17)10-13-11-19-16-8-3-2-6-14(13)16/h2-3,6,8,12-13,15H,4-5,7,9-11,17H2,1H3. The third-order valence-electron chi connectivity index (χ3n) is 4.80. The van der Waals surface area contributed by atoms with Crippen molar-refractivity contribution in [3.8, 4) is 0 Å². The number of rotatable bonds is 4. The molecule has 3 rings (SSSR count). The van der Waals surface area contributed by atoms with Crippen molar-refractivity contribution in [1.29, 1.82) is 0 Å². The molecule has 2 aliphatic rings. The van der Waals surface area contributed by atoms with E-state index >= 15 is 0 Å². The van der Waals surface area contributed by atoms with E-state index in [0.717, 1.165) is 6.54 Å². The minimum Gasteiger partial charge on any atom is -0.330 e. The first-order valence-electron chi connectivity index (χ1n) is 7.41. The fourth-order valence-electron chi connectivity index (χ4n) is 3.74. The molecular weight excluding hydrogens is 252 g/mol. The number of hydrogen-bond donors (Lipinski definition) is 1. The zero-order valence-electron chi connectivity index (χ0n) is 11.7. The highest BCUT2D eigenvalue weighted by molar-refractivity contribution is 7.99. The first kappa shape index (κ1) is 13.5. The summed E-state index contributed by atoms with van der Waals surface area (Å²) in [6.45, 7) is 2.04. The van der Waals surface area contributed by atoms with Gasteiger partial charge in [0.2, 0.25) is 0 Å². The van der Waals surface area contributed by atoms with Crippen molar-refractivity contribution < 1.29 is 0 Å². The minimum absolute atomic E-state index is 0.699. The first-order chi connectivity index (χ1) is 9.29. The molecule has 3 unspecified atom stereocenters. The van der Waals surface area contributed by atoms with Crippen LogP contribution in [0.4, 0.5) is 0 Å². The molecule has 0 spiro atoms. The Kier molecular flexibility index (Phi) is 4.15. The van der Waals surface area contributed by atoms with Crippen molar-refractivity contribution >= 4 is 11.8 Å². The van der Waals surface area contributed by atoms with Crippen LogP contribution in [0.15, 0.2) is 29.2 Å². The van der Waals surface area contributed by atoms with Gasteiger partial charge in [0.25, 0.3) is 0 Å². The lowest BCUT2D eigenvalue weighted by molar-refractivity contribution is 0.193. The molecule has 1 aromatic carbocycles. The van der Waals surface area contributed by atoms with Crippen molar-refractivity contribution in [2.24, 2.45) is 11.7 Å². The van der Waals surface area contributed by atoms with Crippen molar-refractivity contribution in [2.75, 3.05) is 25.9 Å². The fraction of sp³-hybridized carbons (Fsp3) is 0.625. The lowest BCUT2D eigenvalue weighted by Gasteiger charge is -2.31. The summed E-state index contributed by atoms with van der Waals surface area (Å²) in [5, 5.41) is 0. The van der Waals surface area contributed by atoms with Crippen molar-refractivity contribution in [1.82, 2.24) is 4.90 Å². The van der Waals surface area contributed by atoms with E-state index in [1.54, 1.807) is 5.56 Å². The van der Waals surface area contributed by atoms with E-state index in [-0.39, 0.29) is 0 Å². The SMILES string of the molecule is CN(CC1CSc2ccccc21)C1CCCC1CN. The molecule has 1 aliphatic heterocycles. The van der Waals surface area contributed by atoms with E-state index in [1.807, 2.05) is 11.8 Å².